The molecule has 0 unspecified atom stereocenters. The summed E-state index contributed by atoms with van der Waals surface area (Å²) in [6.07, 6.45) is 7.64. The number of hydrogen-bond donors (Lipinski definition) is 0. The van der Waals surface area contributed by atoms with Crippen molar-refractivity contribution < 1.29 is 38.0 Å². The minimum absolute atomic E-state index is 0.0936. The monoisotopic (exact) mass is 642 g/mol. The highest BCUT2D eigenvalue weighted by atomic mass is 16.6. The Morgan fingerprint density at radius 2 is 1.21 bits per heavy atom. The molecular weight excluding hydrogens is 596 g/mol. The van der Waals surface area contributed by atoms with E-state index in [-0.39, 0.29) is 32.0 Å². The molecule has 0 heterocycles. The largest absolute Gasteiger partial charge is 0.494 e. The molecule has 0 radical (unpaired) electrons. The molecule has 0 aliphatic rings. The van der Waals surface area contributed by atoms with E-state index in [0.29, 0.717) is 31.0 Å². The molecule has 8 heteroatoms. The second-order valence-electron chi connectivity index (χ2n) is 10.8. The lowest BCUT2D eigenvalue weighted by molar-refractivity contribution is -0.141. The first kappa shape index (κ1) is 36.8. The summed E-state index contributed by atoms with van der Waals surface area (Å²) in [4.78, 5) is 23.8. The molecule has 0 spiro atoms. The van der Waals surface area contributed by atoms with Crippen molar-refractivity contribution in [1.29, 1.82) is 0 Å². The Hall–Kier alpha value is -4.66. The predicted octanol–water partition coefficient (Wildman–Crippen LogP) is 7.56. The van der Waals surface area contributed by atoms with Crippen LogP contribution in [0.2, 0.25) is 0 Å². The number of benzene rings is 3. The Kier molecular flexibility index (Phi) is 16.0. The van der Waals surface area contributed by atoms with Gasteiger partial charge in [-0.2, -0.15) is 0 Å². The molecule has 47 heavy (non-hydrogen) atoms. The van der Waals surface area contributed by atoms with Crippen molar-refractivity contribution in [3.63, 3.8) is 0 Å². The highest BCUT2D eigenvalue weighted by molar-refractivity contribution is 5.88. The molecule has 3 rings (SSSR count). The Bertz CT molecular complexity index is 1470. The standard InChI is InChI=1S/C39H46O8/c1-6-7-8-11-31-12-14-33(15-13-31)37-26-35(45-24-25-47-39(41)30(3)28-43-5)20-21-36(37)32-16-18-34(19-17-32)44-22-9-10-23-46-38(40)29(2)27-42-4/h6-7,12-21,26H,2-3,8-11,22-25,27-28H2,1,4-5H3/b7-6+. The zero-order valence-electron chi connectivity index (χ0n) is 27.8. The van der Waals surface area contributed by atoms with Crippen molar-refractivity contribution in [2.75, 3.05) is 53.9 Å². The average molecular weight is 643 g/mol. The van der Waals surface area contributed by atoms with Gasteiger partial charge >= 0.3 is 11.9 Å². The van der Waals surface area contributed by atoms with Crippen molar-refractivity contribution in [2.24, 2.45) is 0 Å². The molecule has 0 fully saturated rings. The maximum Gasteiger partial charge on any atom is 0.335 e. The molecule has 0 saturated heterocycles. The minimum Gasteiger partial charge on any atom is -0.494 e. The molecule has 0 N–H and O–H groups in total. The van der Waals surface area contributed by atoms with Gasteiger partial charge in [0.25, 0.3) is 0 Å². The third-order valence-electron chi connectivity index (χ3n) is 7.10. The molecule has 3 aromatic carbocycles. The van der Waals surface area contributed by atoms with Crippen molar-refractivity contribution in [3.05, 3.63) is 109 Å². The van der Waals surface area contributed by atoms with Gasteiger partial charge in [-0.15, -0.1) is 0 Å². The van der Waals surface area contributed by atoms with Gasteiger partial charge in [-0.1, -0.05) is 67.8 Å². The van der Waals surface area contributed by atoms with E-state index in [9.17, 15) is 9.59 Å². The van der Waals surface area contributed by atoms with Crippen LogP contribution in [-0.2, 0) is 35.0 Å². The SMILES string of the molecule is C=C(COC)C(=O)OCCCCOc1ccc(-c2ccc(OCCOC(=O)C(=C)COC)cc2-c2ccc(CC/C=C/C)cc2)cc1. The van der Waals surface area contributed by atoms with E-state index >= 15 is 0 Å². The van der Waals surface area contributed by atoms with Gasteiger partial charge in [0.05, 0.1) is 37.6 Å². The van der Waals surface area contributed by atoms with Gasteiger partial charge in [-0.05, 0) is 84.7 Å². The smallest absolute Gasteiger partial charge is 0.335 e. The number of hydrogen-bond acceptors (Lipinski definition) is 8. The maximum atomic E-state index is 12.0. The second kappa shape index (κ2) is 20.5. The van der Waals surface area contributed by atoms with Crippen LogP contribution in [0.5, 0.6) is 11.5 Å². The van der Waals surface area contributed by atoms with Crippen LogP contribution < -0.4 is 9.47 Å². The van der Waals surface area contributed by atoms with Crippen LogP contribution in [0.3, 0.4) is 0 Å². The van der Waals surface area contributed by atoms with Gasteiger partial charge in [0.1, 0.15) is 24.7 Å². The highest BCUT2D eigenvalue weighted by Crippen LogP contribution is 2.36. The summed E-state index contributed by atoms with van der Waals surface area (Å²) >= 11 is 0. The molecule has 0 aromatic heterocycles. The van der Waals surface area contributed by atoms with Crippen LogP contribution >= 0.6 is 0 Å². The van der Waals surface area contributed by atoms with Gasteiger partial charge < -0.3 is 28.4 Å². The van der Waals surface area contributed by atoms with E-state index in [1.807, 2.05) is 49.4 Å². The Balaban J connectivity index is 1.66. The summed E-state index contributed by atoms with van der Waals surface area (Å²) in [6.45, 7) is 10.7. The summed E-state index contributed by atoms with van der Waals surface area (Å²) in [6, 6.07) is 22.5. The van der Waals surface area contributed by atoms with Crippen LogP contribution in [0.4, 0.5) is 0 Å². The maximum absolute atomic E-state index is 12.0. The fraction of sp³-hybridized carbons (Fsp3) is 0.333. The molecule has 0 amide bonds. The molecular formula is C39H46O8. The third-order valence-corrected chi connectivity index (χ3v) is 7.10. The van der Waals surface area contributed by atoms with Gasteiger partial charge in [-0.25, -0.2) is 9.59 Å². The first-order chi connectivity index (χ1) is 22.9. The molecule has 0 aliphatic carbocycles. The molecule has 0 bridgehead atoms. The van der Waals surface area contributed by atoms with Gasteiger partial charge in [0, 0.05) is 14.2 Å². The molecule has 8 nitrogen and oxygen atoms in total. The van der Waals surface area contributed by atoms with E-state index in [0.717, 1.165) is 47.3 Å². The lowest BCUT2D eigenvalue weighted by Gasteiger charge is -2.15. The summed E-state index contributed by atoms with van der Waals surface area (Å²) in [5.41, 5.74) is 5.99. The molecule has 0 saturated carbocycles. The first-order valence-corrected chi connectivity index (χ1v) is 15.7. The van der Waals surface area contributed by atoms with E-state index in [4.69, 9.17) is 28.4 Å². The minimum atomic E-state index is -0.501. The Morgan fingerprint density at radius 1 is 0.660 bits per heavy atom. The molecule has 250 valence electrons. The molecule has 0 atom stereocenters. The summed E-state index contributed by atoms with van der Waals surface area (Å²) in [7, 11) is 3.01. The number of unbranched alkanes of at least 4 members (excludes halogenated alkanes) is 1. The third kappa shape index (κ3) is 12.6. The van der Waals surface area contributed by atoms with Crippen LogP contribution in [0.1, 0.15) is 31.7 Å². The van der Waals surface area contributed by atoms with Gasteiger partial charge in [-0.3, -0.25) is 0 Å². The lowest BCUT2D eigenvalue weighted by atomic mass is 9.93. The van der Waals surface area contributed by atoms with Crippen molar-refractivity contribution >= 4 is 11.9 Å². The Morgan fingerprint density at radius 3 is 1.85 bits per heavy atom. The summed E-state index contributed by atoms with van der Waals surface area (Å²) < 4.78 is 32.2. The van der Waals surface area contributed by atoms with E-state index < -0.39 is 11.9 Å². The normalized spacial score (nSPS) is 10.9. The van der Waals surface area contributed by atoms with Gasteiger partial charge in [0.2, 0.25) is 0 Å². The predicted molar refractivity (Wildman–Crippen MR) is 185 cm³/mol. The van der Waals surface area contributed by atoms with Crippen molar-refractivity contribution in [2.45, 2.75) is 32.6 Å². The Labute approximate surface area is 278 Å². The van der Waals surface area contributed by atoms with Gasteiger partial charge in [0.15, 0.2) is 0 Å². The highest BCUT2D eigenvalue weighted by Gasteiger charge is 2.12. The van der Waals surface area contributed by atoms with E-state index in [1.54, 1.807) is 0 Å². The van der Waals surface area contributed by atoms with Crippen molar-refractivity contribution in [1.82, 2.24) is 0 Å². The number of carbonyl (C=O) groups excluding carboxylic acids is 2. The number of methoxy groups -OCH3 is 2. The molecule has 3 aromatic rings. The number of esters is 2. The fourth-order valence-electron chi connectivity index (χ4n) is 4.63. The van der Waals surface area contributed by atoms with Crippen LogP contribution in [0.15, 0.2) is 103 Å². The zero-order valence-corrected chi connectivity index (χ0v) is 27.8. The molecule has 0 aliphatic heterocycles. The zero-order chi connectivity index (χ0) is 33.9. The summed E-state index contributed by atoms with van der Waals surface area (Å²) in [5, 5.41) is 0. The number of rotatable bonds is 21. The first-order valence-electron chi connectivity index (χ1n) is 15.7. The van der Waals surface area contributed by atoms with E-state index in [1.165, 1.54) is 19.8 Å². The van der Waals surface area contributed by atoms with Crippen molar-refractivity contribution in [3.8, 4) is 33.8 Å². The number of allylic oxidation sites excluding steroid dienone is 2. The second-order valence-corrected chi connectivity index (χ2v) is 10.8. The quantitative estimate of drug-likeness (QED) is 0.0509. The van der Waals surface area contributed by atoms with Crippen LogP contribution in [-0.4, -0.2) is 65.8 Å². The average Bonchev–Trinajstić information content (AvgIpc) is 3.09. The number of aryl methyl sites for hydroxylation is 1. The topological polar surface area (TPSA) is 89.5 Å². The van der Waals surface area contributed by atoms with E-state index in [2.05, 4.69) is 49.6 Å². The fourth-order valence-corrected chi connectivity index (χ4v) is 4.63. The number of carbonyl (C=O) groups is 2. The lowest BCUT2D eigenvalue weighted by Crippen LogP contribution is -2.15. The summed E-state index contributed by atoms with van der Waals surface area (Å²) in [5.74, 6) is 0.489. The number of ether oxygens (including phenoxy) is 6. The van der Waals surface area contributed by atoms with Crippen LogP contribution in [0.25, 0.3) is 22.3 Å². The van der Waals surface area contributed by atoms with Crippen LogP contribution in [0, 0.1) is 0 Å².